The summed E-state index contributed by atoms with van der Waals surface area (Å²) in [4.78, 5) is 14.5. The first kappa shape index (κ1) is 17.8. The van der Waals surface area contributed by atoms with Crippen LogP contribution >= 0.6 is 0 Å². The van der Waals surface area contributed by atoms with Crippen molar-refractivity contribution in [2.24, 2.45) is 0 Å². The fourth-order valence-electron chi connectivity index (χ4n) is 3.00. The van der Waals surface area contributed by atoms with Crippen LogP contribution in [-0.4, -0.2) is 56.4 Å². The van der Waals surface area contributed by atoms with Gasteiger partial charge in [0.2, 0.25) is 5.91 Å². The predicted octanol–water partition coefficient (Wildman–Crippen LogP) is 2.28. The third kappa shape index (κ3) is 5.22. The van der Waals surface area contributed by atoms with E-state index in [1.807, 2.05) is 43.0 Å². The molecular weight excluding hydrogens is 294 g/mol. The van der Waals surface area contributed by atoms with Gasteiger partial charge in [-0.25, -0.2) is 0 Å². The van der Waals surface area contributed by atoms with Gasteiger partial charge in [-0.1, -0.05) is 12.1 Å². The van der Waals surface area contributed by atoms with Gasteiger partial charge < -0.3 is 19.1 Å². The summed E-state index contributed by atoms with van der Waals surface area (Å²) < 4.78 is 16.4. The van der Waals surface area contributed by atoms with Crippen LogP contribution in [0.25, 0.3) is 0 Å². The summed E-state index contributed by atoms with van der Waals surface area (Å²) in [5, 5.41) is 0. The molecule has 1 aromatic rings. The molecule has 0 aliphatic carbocycles. The Hall–Kier alpha value is -1.59. The summed E-state index contributed by atoms with van der Waals surface area (Å²) in [5.74, 6) is 0.980. The molecule has 1 aliphatic heterocycles. The van der Waals surface area contributed by atoms with Crippen molar-refractivity contribution in [3.05, 3.63) is 29.8 Å². The summed E-state index contributed by atoms with van der Waals surface area (Å²) in [6, 6.07) is 7.85. The molecule has 1 aliphatic rings. The number of morpholine rings is 1. The van der Waals surface area contributed by atoms with Gasteiger partial charge in [0, 0.05) is 26.6 Å². The Kier molecular flexibility index (Phi) is 6.02. The number of aryl methyl sites for hydroxylation is 1. The second-order valence-electron chi connectivity index (χ2n) is 6.58. The smallest absolute Gasteiger partial charge is 0.223 e. The van der Waals surface area contributed by atoms with Crippen molar-refractivity contribution in [1.29, 1.82) is 0 Å². The van der Waals surface area contributed by atoms with Crippen LogP contribution in [0.3, 0.4) is 0 Å². The van der Waals surface area contributed by atoms with E-state index in [9.17, 15) is 4.79 Å². The molecule has 0 N–H and O–H groups in total. The lowest BCUT2D eigenvalue weighted by Crippen LogP contribution is -2.55. The van der Waals surface area contributed by atoms with Crippen LogP contribution < -0.4 is 4.74 Å². The average Bonchev–Trinajstić information content (AvgIpc) is 2.51. The molecule has 2 rings (SSSR count). The SMILES string of the molecule is COC[C@@H]1CN(C(=O)CCc2cccc(OC)c2)CC(C)(C)O1. The Bertz CT molecular complexity index is 530. The van der Waals surface area contributed by atoms with Crippen molar-refractivity contribution in [2.45, 2.75) is 38.4 Å². The zero-order valence-corrected chi connectivity index (χ0v) is 14.5. The molecule has 1 heterocycles. The van der Waals surface area contributed by atoms with E-state index in [0.29, 0.717) is 32.5 Å². The zero-order chi connectivity index (χ0) is 16.9. The molecule has 5 heteroatoms. The lowest BCUT2D eigenvalue weighted by atomic mass is 10.0. The standard InChI is InChI=1S/C18H27NO4/c1-18(2)13-19(11-16(23-18)12-21-3)17(20)9-8-14-6-5-7-15(10-14)22-4/h5-7,10,16H,8-9,11-13H2,1-4H3/t16-/m0/s1. The van der Waals surface area contributed by atoms with E-state index < -0.39 is 0 Å². The Morgan fingerprint density at radius 2 is 2.17 bits per heavy atom. The van der Waals surface area contributed by atoms with Gasteiger partial charge in [0.15, 0.2) is 0 Å². The molecule has 1 saturated heterocycles. The lowest BCUT2D eigenvalue weighted by Gasteiger charge is -2.42. The maximum atomic E-state index is 12.6. The predicted molar refractivity (Wildman–Crippen MR) is 88.7 cm³/mol. The van der Waals surface area contributed by atoms with Crippen molar-refractivity contribution in [1.82, 2.24) is 4.90 Å². The van der Waals surface area contributed by atoms with E-state index in [2.05, 4.69) is 0 Å². The fourth-order valence-corrected chi connectivity index (χ4v) is 3.00. The van der Waals surface area contributed by atoms with Crippen molar-refractivity contribution >= 4 is 5.91 Å². The minimum atomic E-state index is -0.340. The first-order chi connectivity index (χ1) is 10.9. The van der Waals surface area contributed by atoms with E-state index >= 15 is 0 Å². The molecule has 1 fully saturated rings. The topological polar surface area (TPSA) is 48.0 Å². The van der Waals surface area contributed by atoms with Crippen LogP contribution in [0.15, 0.2) is 24.3 Å². The van der Waals surface area contributed by atoms with Gasteiger partial charge in [0.05, 0.1) is 25.4 Å². The summed E-state index contributed by atoms with van der Waals surface area (Å²) in [5.41, 5.74) is 0.770. The van der Waals surface area contributed by atoms with Gasteiger partial charge >= 0.3 is 0 Å². The number of carbonyl (C=O) groups is 1. The Morgan fingerprint density at radius 1 is 1.39 bits per heavy atom. The first-order valence-electron chi connectivity index (χ1n) is 8.01. The summed E-state index contributed by atoms with van der Waals surface area (Å²) >= 11 is 0. The monoisotopic (exact) mass is 321 g/mol. The second-order valence-corrected chi connectivity index (χ2v) is 6.58. The highest BCUT2D eigenvalue weighted by Gasteiger charge is 2.35. The molecule has 0 unspecified atom stereocenters. The first-order valence-corrected chi connectivity index (χ1v) is 8.01. The summed E-state index contributed by atoms with van der Waals surface area (Å²) in [6.45, 7) is 5.73. The molecule has 0 bridgehead atoms. The van der Waals surface area contributed by atoms with Crippen LogP contribution in [0.4, 0.5) is 0 Å². The van der Waals surface area contributed by atoms with Crippen molar-refractivity contribution in [2.75, 3.05) is 33.9 Å². The Morgan fingerprint density at radius 3 is 2.87 bits per heavy atom. The maximum absolute atomic E-state index is 12.6. The van der Waals surface area contributed by atoms with Gasteiger partial charge in [-0.3, -0.25) is 4.79 Å². The normalized spacial score (nSPS) is 20.3. The van der Waals surface area contributed by atoms with Crippen LogP contribution in [0, 0.1) is 0 Å². The van der Waals surface area contributed by atoms with Crippen LogP contribution in [0.2, 0.25) is 0 Å². The van der Waals surface area contributed by atoms with E-state index in [1.54, 1.807) is 14.2 Å². The van der Waals surface area contributed by atoms with Gasteiger partial charge in [0.25, 0.3) is 0 Å². The molecule has 0 aromatic heterocycles. The molecule has 5 nitrogen and oxygen atoms in total. The van der Waals surface area contributed by atoms with Gasteiger partial charge in [-0.2, -0.15) is 0 Å². The van der Waals surface area contributed by atoms with Crippen molar-refractivity contribution < 1.29 is 19.0 Å². The lowest BCUT2D eigenvalue weighted by molar-refractivity contribution is -0.168. The van der Waals surface area contributed by atoms with E-state index in [-0.39, 0.29) is 17.6 Å². The van der Waals surface area contributed by atoms with Crippen LogP contribution in [0.1, 0.15) is 25.8 Å². The molecule has 1 amide bonds. The number of hydrogen-bond acceptors (Lipinski definition) is 4. The minimum absolute atomic E-state index is 0.0653. The highest BCUT2D eigenvalue weighted by molar-refractivity contribution is 5.76. The number of benzene rings is 1. The summed E-state index contributed by atoms with van der Waals surface area (Å²) in [7, 11) is 3.30. The highest BCUT2D eigenvalue weighted by atomic mass is 16.5. The van der Waals surface area contributed by atoms with Crippen molar-refractivity contribution in [3.8, 4) is 5.75 Å². The quantitative estimate of drug-likeness (QED) is 0.806. The van der Waals surface area contributed by atoms with Crippen LogP contribution in [0.5, 0.6) is 5.75 Å². The Labute approximate surface area is 138 Å². The maximum Gasteiger partial charge on any atom is 0.223 e. The van der Waals surface area contributed by atoms with Gasteiger partial charge in [-0.05, 0) is 38.0 Å². The summed E-state index contributed by atoms with van der Waals surface area (Å²) in [6.07, 6.45) is 1.13. The third-order valence-electron chi connectivity index (χ3n) is 3.95. The molecule has 1 atom stereocenters. The fraction of sp³-hybridized carbons (Fsp3) is 0.611. The third-order valence-corrected chi connectivity index (χ3v) is 3.95. The zero-order valence-electron chi connectivity index (χ0n) is 14.5. The molecule has 1 aromatic carbocycles. The number of amides is 1. The van der Waals surface area contributed by atoms with E-state index in [1.165, 1.54) is 0 Å². The number of methoxy groups -OCH3 is 2. The number of hydrogen-bond donors (Lipinski definition) is 0. The minimum Gasteiger partial charge on any atom is -0.497 e. The van der Waals surface area contributed by atoms with Crippen LogP contribution in [-0.2, 0) is 20.7 Å². The molecule has 23 heavy (non-hydrogen) atoms. The average molecular weight is 321 g/mol. The highest BCUT2D eigenvalue weighted by Crippen LogP contribution is 2.22. The van der Waals surface area contributed by atoms with Gasteiger partial charge in [-0.15, -0.1) is 0 Å². The Balaban J connectivity index is 1.93. The molecule has 0 saturated carbocycles. The number of ether oxygens (including phenoxy) is 3. The van der Waals surface area contributed by atoms with E-state index in [0.717, 1.165) is 11.3 Å². The number of rotatable bonds is 6. The molecule has 0 radical (unpaired) electrons. The number of nitrogens with zero attached hydrogens (tertiary/aromatic N) is 1. The molecule has 128 valence electrons. The largest absolute Gasteiger partial charge is 0.497 e. The molecule has 0 spiro atoms. The molecular formula is C18H27NO4. The number of carbonyl (C=O) groups excluding carboxylic acids is 1. The van der Waals surface area contributed by atoms with Crippen molar-refractivity contribution in [3.63, 3.8) is 0 Å². The second kappa shape index (κ2) is 7.79. The van der Waals surface area contributed by atoms with E-state index in [4.69, 9.17) is 14.2 Å². The van der Waals surface area contributed by atoms with Gasteiger partial charge in [0.1, 0.15) is 5.75 Å².